The van der Waals surface area contributed by atoms with Gasteiger partial charge in [-0.15, -0.1) is 0 Å². The van der Waals surface area contributed by atoms with Gasteiger partial charge in [0, 0.05) is 12.6 Å². The van der Waals surface area contributed by atoms with Crippen LogP contribution in [0.15, 0.2) is 41.1 Å². The maximum absolute atomic E-state index is 11.9. The quantitative estimate of drug-likeness (QED) is 0.794. The number of ether oxygens (including phenoxy) is 1. The highest BCUT2D eigenvalue weighted by Crippen LogP contribution is 2.24. The summed E-state index contributed by atoms with van der Waals surface area (Å²) < 4.78 is 34.9. The van der Waals surface area contributed by atoms with Crippen molar-refractivity contribution >= 4 is 21.7 Å². The van der Waals surface area contributed by atoms with E-state index in [0.717, 1.165) is 0 Å². The smallest absolute Gasteiger partial charge is 0.338 e. The molecular formula is C14H14N2O5S. The fourth-order valence-corrected chi connectivity index (χ4v) is 3.79. The second kappa shape index (κ2) is 5.80. The lowest BCUT2D eigenvalue weighted by Crippen LogP contribution is -2.25. The molecule has 1 aliphatic heterocycles. The van der Waals surface area contributed by atoms with Crippen molar-refractivity contribution in [3.05, 3.63) is 47.9 Å². The molecule has 0 aliphatic carbocycles. The van der Waals surface area contributed by atoms with E-state index in [9.17, 15) is 13.2 Å². The summed E-state index contributed by atoms with van der Waals surface area (Å²) in [6.07, 6.45) is 2.08. The molecule has 7 nitrogen and oxygen atoms in total. The number of aromatic nitrogens is 1. The van der Waals surface area contributed by atoms with Crippen LogP contribution in [0.2, 0.25) is 0 Å². The number of hydrogen-bond acceptors (Lipinski definition) is 6. The van der Waals surface area contributed by atoms with E-state index in [2.05, 4.69) is 5.16 Å². The molecule has 0 saturated carbocycles. The molecule has 0 amide bonds. The topological polar surface area (TPSA) is 89.7 Å². The molecular weight excluding hydrogens is 308 g/mol. The summed E-state index contributed by atoms with van der Waals surface area (Å²) in [5.41, 5.74) is 0.907. The van der Waals surface area contributed by atoms with E-state index in [1.165, 1.54) is 10.5 Å². The standard InChI is InChI=1S/C14H14N2O5S/c17-14(20-10-13-6-7-15-21-13)11-2-4-12(5-3-11)16-8-1-9-22(16,18)19/h2-7H,1,8-10H2. The van der Waals surface area contributed by atoms with E-state index in [0.29, 0.717) is 30.0 Å². The molecule has 0 bridgehead atoms. The SMILES string of the molecule is O=C(OCc1ccno1)c1ccc(N2CCCS2(=O)=O)cc1. The molecule has 0 N–H and O–H groups in total. The predicted molar refractivity (Wildman–Crippen MR) is 77.8 cm³/mol. The van der Waals surface area contributed by atoms with Gasteiger partial charge in [-0.25, -0.2) is 13.2 Å². The molecule has 1 fully saturated rings. The zero-order valence-electron chi connectivity index (χ0n) is 11.6. The Morgan fingerprint density at radius 1 is 1.27 bits per heavy atom. The highest BCUT2D eigenvalue weighted by molar-refractivity contribution is 7.93. The van der Waals surface area contributed by atoms with Crippen LogP contribution in [-0.2, 0) is 21.4 Å². The minimum atomic E-state index is -3.22. The molecule has 0 unspecified atom stereocenters. The molecule has 22 heavy (non-hydrogen) atoms. The van der Waals surface area contributed by atoms with Crippen LogP contribution in [-0.4, -0.2) is 31.8 Å². The summed E-state index contributed by atoms with van der Waals surface area (Å²) in [5, 5.41) is 3.51. The number of anilines is 1. The first-order valence-corrected chi connectivity index (χ1v) is 8.34. The Morgan fingerprint density at radius 3 is 2.64 bits per heavy atom. The van der Waals surface area contributed by atoms with Crippen molar-refractivity contribution in [1.29, 1.82) is 0 Å². The first-order chi connectivity index (χ1) is 10.6. The molecule has 0 radical (unpaired) electrons. The molecule has 1 aromatic carbocycles. The average molecular weight is 322 g/mol. The lowest BCUT2D eigenvalue weighted by molar-refractivity contribution is 0.0437. The maximum atomic E-state index is 11.9. The Balaban J connectivity index is 1.67. The van der Waals surface area contributed by atoms with Gasteiger partial charge >= 0.3 is 5.97 Å². The fourth-order valence-electron chi connectivity index (χ4n) is 2.23. The second-order valence-electron chi connectivity index (χ2n) is 4.84. The number of carbonyl (C=O) groups is 1. The molecule has 0 atom stereocenters. The maximum Gasteiger partial charge on any atom is 0.338 e. The van der Waals surface area contributed by atoms with Gasteiger partial charge < -0.3 is 9.26 Å². The summed E-state index contributed by atoms with van der Waals surface area (Å²) in [4.78, 5) is 11.9. The van der Waals surface area contributed by atoms with Gasteiger partial charge in [0.15, 0.2) is 12.4 Å². The van der Waals surface area contributed by atoms with Crippen molar-refractivity contribution in [2.24, 2.45) is 0 Å². The van der Waals surface area contributed by atoms with Crippen LogP contribution >= 0.6 is 0 Å². The van der Waals surface area contributed by atoms with Gasteiger partial charge in [-0.3, -0.25) is 4.31 Å². The highest BCUT2D eigenvalue weighted by Gasteiger charge is 2.28. The van der Waals surface area contributed by atoms with Crippen molar-refractivity contribution in [2.45, 2.75) is 13.0 Å². The Morgan fingerprint density at radius 2 is 2.05 bits per heavy atom. The Labute approximate surface area is 127 Å². The van der Waals surface area contributed by atoms with E-state index < -0.39 is 16.0 Å². The van der Waals surface area contributed by atoms with Gasteiger partial charge in [-0.1, -0.05) is 5.16 Å². The number of carbonyl (C=O) groups excluding carboxylic acids is 1. The molecule has 1 aromatic heterocycles. The van der Waals surface area contributed by atoms with Crippen LogP contribution in [0.1, 0.15) is 22.5 Å². The van der Waals surface area contributed by atoms with Crippen LogP contribution in [0.25, 0.3) is 0 Å². The molecule has 2 aromatic rings. The molecule has 2 heterocycles. The third-order valence-corrected chi connectivity index (χ3v) is 5.20. The van der Waals surface area contributed by atoms with Gasteiger partial charge in [0.25, 0.3) is 0 Å². The Bertz CT molecular complexity index is 753. The summed E-state index contributed by atoms with van der Waals surface area (Å²) >= 11 is 0. The van der Waals surface area contributed by atoms with Gasteiger partial charge in [-0.2, -0.15) is 0 Å². The highest BCUT2D eigenvalue weighted by atomic mass is 32.2. The van der Waals surface area contributed by atoms with Crippen LogP contribution in [0.4, 0.5) is 5.69 Å². The minimum Gasteiger partial charge on any atom is -0.454 e. The zero-order chi connectivity index (χ0) is 15.6. The van der Waals surface area contributed by atoms with Crippen LogP contribution in [0.5, 0.6) is 0 Å². The number of esters is 1. The normalized spacial score (nSPS) is 16.6. The lowest BCUT2D eigenvalue weighted by Gasteiger charge is -2.16. The van der Waals surface area contributed by atoms with Crippen molar-refractivity contribution in [3.8, 4) is 0 Å². The number of nitrogens with zero attached hydrogens (tertiary/aromatic N) is 2. The average Bonchev–Trinajstić information content (AvgIpc) is 3.14. The summed E-state index contributed by atoms with van der Waals surface area (Å²) in [6, 6.07) is 7.91. The van der Waals surface area contributed by atoms with E-state index in [-0.39, 0.29) is 12.4 Å². The zero-order valence-corrected chi connectivity index (χ0v) is 12.5. The molecule has 116 valence electrons. The third kappa shape index (κ3) is 2.96. The lowest BCUT2D eigenvalue weighted by atomic mass is 10.2. The summed E-state index contributed by atoms with van der Waals surface area (Å²) in [7, 11) is -3.22. The van der Waals surface area contributed by atoms with Gasteiger partial charge in [0.2, 0.25) is 10.0 Å². The molecule has 1 saturated heterocycles. The Hall–Kier alpha value is -2.35. The van der Waals surface area contributed by atoms with Crippen molar-refractivity contribution in [1.82, 2.24) is 5.16 Å². The summed E-state index contributed by atoms with van der Waals surface area (Å²) in [6.45, 7) is 0.471. The van der Waals surface area contributed by atoms with E-state index in [1.54, 1.807) is 30.3 Å². The second-order valence-corrected chi connectivity index (χ2v) is 6.86. The molecule has 3 rings (SSSR count). The number of benzene rings is 1. The predicted octanol–water partition coefficient (Wildman–Crippen LogP) is 1.57. The first-order valence-electron chi connectivity index (χ1n) is 6.73. The van der Waals surface area contributed by atoms with Gasteiger partial charge in [0.1, 0.15) is 0 Å². The number of rotatable bonds is 4. The minimum absolute atomic E-state index is 0.00108. The van der Waals surface area contributed by atoms with Crippen LogP contribution < -0.4 is 4.31 Å². The van der Waals surface area contributed by atoms with E-state index in [4.69, 9.17) is 9.26 Å². The van der Waals surface area contributed by atoms with Gasteiger partial charge in [-0.05, 0) is 30.7 Å². The van der Waals surface area contributed by atoms with Crippen LogP contribution in [0, 0.1) is 0 Å². The van der Waals surface area contributed by atoms with Crippen molar-refractivity contribution in [3.63, 3.8) is 0 Å². The van der Waals surface area contributed by atoms with Crippen molar-refractivity contribution < 1.29 is 22.5 Å². The third-order valence-electron chi connectivity index (χ3n) is 3.33. The molecule has 1 aliphatic rings. The molecule has 8 heteroatoms. The van der Waals surface area contributed by atoms with Crippen LogP contribution in [0.3, 0.4) is 0 Å². The van der Waals surface area contributed by atoms with Crippen molar-refractivity contribution in [2.75, 3.05) is 16.6 Å². The largest absolute Gasteiger partial charge is 0.454 e. The number of sulfonamides is 1. The Kier molecular flexibility index (Phi) is 3.84. The fraction of sp³-hybridized carbons (Fsp3) is 0.286. The number of hydrogen-bond donors (Lipinski definition) is 0. The van der Waals surface area contributed by atoms with E-state index >= 15 is 0 Å². The first kappa shape index (κ1) is 14.6. The molecule has 0 spiro atoms. The van der Waals surface area contributed by atoms with E-state index in [1.807, 2.05) is 0 Å². The summed E-state index contributed by atoms with van der Waals surface area (Å²) in [5.74, 6) is 0.105. The monoisotopic (exact) mass is 322 g/mol. The van der Waals surface area contributed by atoms with Gasteiger partial charge in [0.05, 0.1) is 23.2 Å².